The first-order chi connectivity index (χ1) is 19.8. The topological polar surface area (TPSA) is 102 Å². The van der Waals surface area contributed by atoms with Crippen molar-refractivity contribution in [3.8, 4) is 17.4 Å². The summed E-state index contributed by atoms with van der Waals surface area (Å²) in [6.07, 6.45) is 2.36. The smallest absolute Gasteiger partial charge is 0.421 e. The Hall–Kier alpha value is -3.86. The Bertz CT molecular complexity index is 1440. The molecular weight excluding hydrogens is 575 g/mol. The van der Waals surface area contributed by atoms with Crippen LogP contribution in [0.25, 0.3) is 0 Å². The molecule has 3 aromatic rings. The van der Waals surface area contributed by atoms with Gasteiger partial charge in [-0.05, 0) is 69.7 Å². The molecule has 0 saturated heterocycles. The number of ether oxygens (including phenoxy) is 2. The molecule has 0 spiro atoms. The Balaban J connectivity index is 1.60. The summed E-state index contributed by atoms with van der Waals surface area (Å²) in [7, 11) is 0. The third kappa shape index (κ3) is 7.50. The van der Waals surface area contributed by atoms with Gasteiger partial charge >= 0.3 is 12.1 Å². The van der Waals surface area contributed by atoms with Gasteiger partial charge in [0.2, 0.25) is 11.8 Å². The van der Waals surface area contributed by atoms with Crippen molar-refractivity contribution >= 4 is 29.2 Å². The Labute approximate surface area is 246 Å². The minimum atomic E-state index is -4.83. The Kier molecular flexibility index (Phi) is 9.60. The summed E-state index contributed by atoms with van der Waals surface area (Å²) in [6, 6.07) is 5.79. The van der Waals surface area contributed by atoms with E-state index in [4.69, 9.17) is 21.1 Å². The van der Waals surface area contributed by atoms with Gasteiger partial charge in [-0.3, -0.25) is 9.78 Å². The van der Waals surface area contributed by atoms with Crippen molar-refractivity contribution in [3.63, 3.8) is 0 Å². The molecule has 12 heteroatoms. The summed E-state index contributed by atoms with van der Waals surface area (Å²) < 4.78 is 52.9. The molecule has 0 unspecified atom stereocenters. The number of alkyl halides is 3. The maximum atomic E-state index is 14.0. The Morgan fingerprint density at radius 2 is 1.79 bits per heavy atom. The second kappa shape index (κ2) is 13.0. The van der Waals surface area contributed by atoms with Crippen molar-refractivity contribution in [2.75, 3.05) is 4.90 Å². The van der Waals surface area contributed by atoms with Crippen LogP contribution >= 0.6 is 11.6 Å². The van der Waals surface area contributed by atoms with Gasteiger partial charge in [-0.2, -0.15) is 13.2 Å². The average molecular weight is 606 g/mol. The van der Waals surface area contributed by atoms with E-state index in [9.17, 15) is 27.9 Å². The molecule has 42 heavy (non-hydrogen) atoms. The van der Waals surface area contributed by atoms with E-state index in [-0.39, 0.29) is 52.8 Å². The molecule has 1 saturated carbocycles. The summed E-state index contributed by atoms with van der Waals surface area (Å²) in [5.41, 5.74) is -1.17. The molecule has 2 heterocycles. The lowest BCUT2D eigenvalue weighted by atomic mass is 9.82. The number of anilines is 1. The molecule has 4 rings (SSSR count). The standard InChI is InChI=1S/C30H31ClF3N3O5/c1-17(2)37(28(38)20-6-4-18(3)5-7-20)26-9-8-22(12-24(26)29(39)40)42-27-25(30(32,33)34)10-19(13-36-27)16-41-23-11-21(31)14-35-15-23/h8-15,17-18,20H,4-7,16H2,1-3H3,(H,39,40). The summed E-state index contributed by atoms with van der Waals surface area (Å²) in [5, 5.41) is 10.3. The van der Waals surface area contributed by atoms with E-state index in [2.05, 4.69) is 16.9 Å². The highest BCUT2D eigenvalue weighted by molar-refractivity contribution is 6.30. The fourth-order valence-electron chi connectivity index (χ4n) is 4.92. The lowest BCUT2D eigenvalue weighted by Crippen LogP contribution is -2.42. The van der Waals surface area contributed by atoms with E-state index in [0.717, 1.165) is 37.8 Å². The lowest BCUT2D eigenvalue weighted by molar-refractivity contribution is -0.139. The number of pyridine rings is 2. The zero-order valence-corrected chi connectivity index (χ0v) is 24.1. The number of hydrogen-bond acceptors (Lipinski definition) is 6. The highest BCUT2D eigenvalue weighted by Crippen LogP contribution is 2.39. The molecule has 2 aromatic heterocycles. The van der Waals surface area contributed by atoms with Crippen LogP contribution in [-0.2, 0) is 17.6 Å². The lowest BCUT2D eigenvalue weighted by Gasteiger charge is -2.34. The molecule has 224 valence electrons. The maximum absolute atomic E-state index is 14.0. The van der Waals surface area contributed by atoms with Gasteiger partial charge in [0.25, 0.3) is 0 Å². The molecule has 1 aliphatic rings. The van der Waals surface area contributed by atoms with E-state index >= 15 is 0 Å². The molecule has 0 radical (unpaired) electrons. The van der Waals surface area contributed by atoms with Gasteiger partial charge in [0.15, 0.2) is 0 Å². The molecule has 1 aromatic carbocycles. The minimum absolute atomic E-state index is 0.111. The molecule has 1 amide bonds. The number of carboxylic acids is 1. The third-order valence-electron chi connectivity index (χ3n) is 7.09. The number of carbonyl (C=O) groups excluding carboxylic acids is 1. The minimum Gasteiger partial charge on any atom is -0.487 e. The molecule has 0 bridgehead atoms. The predicted octanol–water partition coefficient (Wildman–Crippen LogP) is 7.79. The largest absolute Gasteiger partial charge is 0.487 e. The first-order valence-electron chi connectivity index (χ1n) is 13.5. The zero-order valence-electron chi connectivity index (χ0n) is 23.3. The van der Waals surface area contributed by atoms with Crippen molar-refractivity contribution < 1.29 is 37.3 Å². The number of amides is 1. The van der Waals surface area contributed by atoms with E-state index in [1.165, 1.54) is 41.7 Å². The van der Waals surface area contributed by atoms with Crippen molar-refractivity contribution in [2.45, 2.75) is 65.3 Å². The summed E-state index contributed by atoms with van der Waals surface area (Å²) in [5.74, 6) is -1.87. The third-order valence-corrected chi connectivity index (χ3v) is 7.30. The fourth-order valence-corrected chi connectivity index (χ4v) is 5.09. The van der Waals surface area contributed by atoms with Crippen molar-refractivity contribution in [3.05, 3.63) is 70.6 Å². The number of nitrogens with zero attached hydrogens (tertiary/aromatic N) is 3. The highest BCUT2D eigenvalue weighted by Gasteiger charge is 2.37. The van der Waals surface area contributed by atoms with E-state index in [1.807, 2.05) is 0 Å². The number of aromatic carboxylic acids is 1. The second-order valence-electron chi connectivity index (χ2n) is 10.7. The molecule has 0 atom stereocenters. The average Bonchev–Trinajstić information content (AvgIpc) is 2.92. The van der Waals surface area contributed by atoms with Crippen LogP contribution in [0, 0.1) is 11.8 Å². The predicted molar refractivity (Wildman–Crippen MR) is 150 cm³/mol. The van der Waals surface area contributed by atoms with Crippen LogP contribution in [-0.4, -0.2) is 33.0 Å². The van der Waals surface area contributed by atoms with Gasteiger partial charge in [0.05, 0.1) is 22.5 Å². The fraction of sp³-hybridized carbons (Fsp3) is 0.400. The van der Waals surface area contributed by atoms with Crippen molar-refractivity contribution in [1.82, 2.24) is 9.97 Å². The number of aromatic nitrogens is 2. The molecule has 1 N–H and O–H groups in total. The Morgan fingerprint density at radius 1 is 1.07 bits per heavy atom. The van der Waals surface area contributed by atoms with Gasteiger partial charge in [-0.15, -0.1) is 0 Å². The van der Waals surface area contributed by atoms with Gasteiger partial charge in [0.1, 0.15) is 23.7 Å². The molecular formula is C30H31ClF3N3O5. The van der Waals surface area contributed by atoms with Crippen LogP contribution in [0.5, 0.6) is 17.4 Å². The SMILES string of the molecule is CC1CCC(C(=O)N(c2ccc(Oc3ncc(COc4cncc(Cl)c4)cc3C(F)(F)F)cc2C(=O)O)C(C)C)CC1. The monoisotopic (exact) mass is 605 g/mol. The first-order valence-corrected chi connectivity index (χ1v) is 13.9. The van der Waals surface area contributed by atoms with Crippen LogP contribution < -0.4 is 14.4 Å². The van der Waals surface area contributed by atoms with Crippen LogP contribution in [0.1, 0.15) is 67.9 Å². The Morgan fingerprint density at radius 3 is 2.40 bits per heavy atom. The van der Waals surface area contributed by atoms with Crippen molar-refractivity contribution in [1.29, 1.82) is 0 Å². The zero-order chi connectivity index (χ0) is 30.6. The van der Waals surface area contributed by atoms with E-state index in [1.54, 1.807) is 13.8 Å². The second-order valence-corrected chi connectivity index (χ2v) is 11.1. The van der Waals surface area contributed by atoms with Gasteiger partial charge < -0.3 is 19.5 Å². The van der Waals surface area contributed by atoms with Crippen LogP contribution in [0.2, 0.25) is 5.02 Å². The number of carbonyl (C=O) groups is 2. The van der Waals surface area contributed by atoms with Crippen LogP contribution in [0.15, 0.2) is 48.9 Å². The van der Waals surface area contributed by atoms with Gasteiger partial charge in [-0.25, -0.2) is 9.78 Å². The van der Waals surface area contributed by atoms with Crippen LogP contribution in [0.4, 0.5) is 18.9 Å². The number of rotatable bonds is 9. The van der Waals surface area contributed by atoms with Gasteiger partial charge in [0, 0.05) is 36.0 Å². The normalized spacial score (nSPS) is 17.1. The number of carboxylic acid groups (broad SMARTS) is 1. The van der Waals surface area contributed by atoms with Crippen LogP contribution in [0.3, 0.4) is 0 Å². The summed E-state index contributed by atoms with van der Waals surface area (Å²) in [6.45, 7) is 5.47. The number of benzene rings is 1. The first kappa shape index (κ1) is 31.1. The quantitative estimate of drug-likeness (QED) is 0.266. The molecule has 8 nitrogen and oxygen atoms in total. The highest BCUT2D eigenvalue weighted by atomic mass is 35.5. The van der Waals surface area contributed by atoms with E-state index < -0.39 is 23.6 Å². The summed E-state index contributed by atoms with van der Waals surface area (Å²) in [4.78, 5) is 34.9. The number of hydrogen-bond donors (Lipinski definition) is 1. The van der Waals surface area contributed by atoms with Gasteiger partial charge in [-0.1, -0.05) is 18.5 Å². The van der Waals surface area contributed by atoms with E-state index in [0.29, 0.717) is 10.9 Å². The molecule has 1 aliphatic carbocycles. The van der Waals surface area contributed by atoms with Crippen molar-refractivity contribution in [2.24, 2.45) is 11.8 Å². The number of halogens is 4. The molecule has 1 fully saturated rings. The maximum Gasteiger partial charge on any atom is 0.421 e. The summed E-state index contributed by atoms with van der Waals surface area (Å²) >= 11 is 5.86. The molecule has 0 aliphatic heterocycles.